The molecule has 0 N–H and O–H groups in total. The van der Waals surface area contributed by atoms with Crippen molar-refractivity contribution in [1.29, 1.82) is 0 Å². The number of aromatic nitrogens is 1. The number of ether oxygens (including phenoxy) is 1. The van der Waals surface area contributed by atoms with E-state index in [0.717, 1.165) is 18.2 Å². The summed E-state index contributed by atoms with van der Waals surface area (Å²) in [6.45, 7) is 3.31. The molecule has 23 heavy (non-hydrogen) atoms. The van der Waals surface area contributed by atoms with Gasteiger partial charge in [-0.25, -0.2) is 4.98 Å². The van der Waals surface area contributed by atoms with Crippen LogP contribution in [0.3, 0.4) is 0 Å². The molecule has 1 heterocycles. The van der Waals surface area contributed by atoms with Crippen LogP contribution in [0.4, 0.5) is 5.13 Å². The Kier molecular flexibility index (Phi) is 5.04. The average Bonchev–Trinajstić information content (AvgIpc) is 3.22. The van der Waals surface area contributed by atoms with Crippen LogP contribution in [-0.4, -0.2) is 55.2 Å². The molecule has 5 nitrogen and oxygen atoms in total. The molecule has 1 amide bonds. The van der Waals surface area contributed by atoms with Gasteiger partial charge >= 0.3 is 0 Å². The first kappa shape index (κ1) is 16.9. The molecule has 1 aromatic heterocycles. The number of anilines is 1. The molecule has 0 aliphatic heterocycles. The fourth-order valence-corrected chi connectivity index (χ4v) is 5.01. The van der Waals surface area contributed by atoms with E-state index in [1.807, 2.05) is 12.4 Å². The standard InChI is InChI=1S/C17H27N3O2S/c1-4-22-14-11-13(17(14)7-5-6-8-17)19(2)12-15(21)20(3)16-18-9-10-23-16/h9-10,13-14H,4-8,11-12H2,1-3H3/t13-,14-/m1/s1. The number of amides is 1. The van der Waals surface area contributed by atoms with Crippen molar-refractivity contribution in [2.75, 3.05) is 32.1 Å². The topological polar surface area (TPSA) is 45.7 Å². The molecule has 2 atom stereocenters. The van der Waals surface area contributed by atoms with Crippen LogP contribution in [0.25, 0.3) is 0 Å². The van der Waals surface area contributed by atoms with E-state index >= 15 is 0 Å². The highest BCUT2D eigenvalue weighted by Gasteiger charge is 2.58. The Morgan fingerprint density at radius 3 is 2.78 bits per heavy atom. The van der Waals surface area contributed by atoms with E-state index in [1.54, 1.807) is 11.1 Å². The third kappa shape index (κ3) is 3.04. The summed E-state index contributed by atoms with van der Waals surface area (Å²) < 4.78 is 5.98. The summed E-state index contributed by atoms with van der Waals surface area (Å²) >= 11 is 1.50. The molecule has 0 saturated heterocycles. The first-order chi connectivity index (χ1) is 11.1. The summed E-state index contributed by atoms with van der Waals surface area (Å²) in [5.41, 5.74) is 0.283. The van der Waals surface area contributed by atoms with Gasteiger partial charge in [-0.2, -0.15) is 0 Å². The lowest BCUT2D eigenvalue weighted by Crippen LogP contribution is -2.63. The Labute approximate surface area is 142 Å². The number of rotatable bonds is 6. The normalized spacial score (nSPS) is 25.7. The fourth-order valence-electron chi connectivity index (χ4n) is 4.39. The van der Waals surface area contributed by atoms with Crippen molar-refractivity contribution in [3.8, 4) is 0 Å². The molecule has 3 rings (SSSR count). The maximum atomic E-state index is 12.5. The Morgan fingerprint density at radius 2 is 2.17 bits per heavy atom. The Morgan fingerprint density at radius 1 is 1.43 bits per heavy atom. The van der Waals surface area contributed by atoms with E-state index < -0.39 is 0 Å². The number of nitrogens with zero attached hydrogens (tertiary/aromatic N) is 3. The van der Waals surface area contributed by atoms with Gasteiger partial charge in [0.15, 0.2) is 5.13 Å². The largest absolute Gasteiger partial charge is 0.378 e. The van der Waals surface area contributed by atoms with Gasteiger partial charge in [-0.05, 0) is 33.2 Å². The van der Waals surface area contributed by atoms with Crippen LogP contribution in [0.2, 0.25) is 0 Å². The van der Waals surface area contributed by atoms with Gasteiger partial charge in [-0.1, -0.05) is 12.8 Å². The summed E-state index contributed by atoms with van der Waals surface area (Å²) in [7, 11) is 3.89. The van der Waals surface area contributed by atoms with Crippen molar-refractivity contribution < 1.29 is 9.53 Å². The van der Waals surface area contributed by atoms with E-state index in [1.165, 1.54) is 37.0 Å². The maximum Gasteiger partial charge on any atom is 0.242 e. The molecule has 0 aromatic carbocycles. The minimum absolute atomic E-state index is 0.107. The van der Waals surface area contributed by atoms with Gasteiger partial charge in [-0.3, -0.25) is 14.6 Å². The molecule has 1 aromatic rings. The quantitative estimate of drug-likeness (QED) is 0.801. The van der Waals surface area contributed by atoms with Gasteiger partial charge in [0, 0.05) is 36.7 Å². The zero-order valence-electron chi connectivity index (χ0n) is 14.3. The lowest BCUT2D eigenvalue weighted by atomic mass is 9.60. The summed E-state index contributed by atoms with van der Waals surface area (Å²) in [6.07, 6.45) is 8.24. The maximum absolute atomic E-state index is 12.5. The van der Waals surface area contributed by atoms with Crippen LogP contribution >= 0.6 is 11.3 Å². The SMILES string of the molecule is CCO[C@@H]1C[C@@H](N(C)CC(=O)N(C)c2nccs2)C12CCCC2. The molecule has 0 unspecified atom stereocenters. The van der Waals surface area contributed by atoms with Gasteiger partial charge in [0.1, 0.15) is 0 Å². The monoisotopic (exact) mass is 337 g/mol. The van der Waals surface area contributed by atoms with Gasteiger partial charge < -0.3 is 4.74 Å². The lowest BCUT2D eigenvalue weighted by molar-refractivity contribution is -0.162. The third-order valence-corrected chi connectivity index (χ3v) is 6.49. The van der Waals surface area contributed by atoms with Crippen molar-refractivity contribution >= 4 is 22.4 Å². The van der Waals surface area contributed by atoms with Crippen LogP contribution in [-0.2, 0) is 9.53 Å². The Hall–Kier alpha value is -0.980. The van der Waals surface area contributed by atoms with Crippen LogP contribution in [0, 0.1) is 5.41 Å². The van der Waals surface area contributed by atoms with E-state index in [2.05, 4.69) is 23.9 Å². The highest BCUT2D eigenvalue weighted by molar-refractivity contribution is 7.13. The lowest BCUT2D eigenvalue weighted by Gasteiger charge is -2.57. The van der Waals surface area contributed by atoms with Crippen LogP contribution < -0.4 is 4.90 Å². The molecule has 1 spiro atoms. The smallest absolute Gasteiger partial charge is 0.242 e. The predicted octanol–water partition coefficient (Wildman–Crippen LogP) is 2.78. The van der Waals surface area contributed by atoms with E-state index in [9.17, 15) is 4.79 Å². The summed E-state index contributed by atoms with van der Waals surface area (Å²) in [6, 6.07) is 0.468. The second-order valence-electron chi connectivity index (χ2n) is 6.82. The second-order valence-corrected chi connectivity index (χ2v) is 7.69. The average molecular weight is 337 g/mol. The molecular formula is C17H27N3O2S. The molecule has 0 radical (unpaired) electrons. The minimum atomic E-state index is 0.107. The molecule has 2 fully saturated rings. The summed E-state index contributed by atoms with van der Waals surface area (Å²) in [5.74, 6) is 0.107. The Balaban J connectivity index is 1.62. The van der Waals surface area contributed by atoms with Crippen LogP contribution in [0.1, 0.15) is 39.0 Å². The number of thiazole rings is 1. The van der Waals surface area contributed by atoms with Crippen molar-refractivity contribution in [2.45, 2.75) is 51.2 Å². The molecule has 0 bridgehead atoms. The highest BCUT2D eigenvalue weighted by Crippen LogP contribution is 2.56. The number of carbonyl (C=O) groups excluding carboxylic acids is 1. The van der Waals surface area contributed by atoms with E-state index in [4.69, 9.17) is 4.74 Å². The van der Waals surface area contributed by atoms with Gasteiger partial charge in [-0.15, -0.1) is 11.3 Å². The van der Waals surface area contributed by atoms with Crippen molar-refractivity contribution in [3.05, 3.63) is 11.6 Å². The Bertz CT molecular complexity index is 528. The molecule has 2 aliphatic rings. The third-order valence-electron chi connectivity index (χ3n) is 5.64. The van der Waals surface area contributed by atoms with Crippen molar-refractivity contribution in [3.63, 3.8) is 0 Å². The molecule has 2 aliphatic carbocycles. The summed E-state index contributed by atoms with van der Waals surface area (Å²) in [5, 5.41) is 2.66. The van der Waals surface area contributed by atoms with Gasteiger partial charge in [0.25, 0.3) is 0 Å². The minimum Gasteiger partial charge on any atom is -0.378 e. The van der Waals surface area contributed by atoms with Gasteiger partial charge in [0.2, 0.25) is 5.91 Å². The first-order valence-electron chi connectivity index (χ1n) is 8.56. The van der Waals surface area contributed by atoms with Crippen LogP contribution in [0.5, 0.6) is 0 Å². The molecule has 128 valence electrons. The zero-order valence-corrected chi connectivity index (χ0v) is 15.1. The van der Waals surface area contributed by atoms with Crippen molar-refractivity contribution in [1.82, 2.24) is 9.88 Å². The second kappa shape index (κ2) is 6.87. The zero-order chi connectivity index (χ0) is 16.4. The van der Waals surface area contributed by atoms with E-state index in [0.29, 0.717) is 18.7 Å². The predicted molar refractivity (Wildman–Crippen MR) is 92.9 cm³/mol. The molecular weight excluding hydrogens is 310 g/mol. The number of hydrogen-bond acceptors (Lipinski definition) is 5. The van der Waals surface area contributed by atoms with Crippen LogP contribution in [0.15, 0.2) is 11.6 Å². The number of likely N-dealkylation sites (N-methyl/N-ethyl adjacent to an activating group) is 2. The fraction of sp³-hybridized carbons (Fsp3) is 0.765. The molecule has 2 saturated carbocycles. The summed E-state index contributed by atoms with van der Waals surface area (Å²) in [4.78, 5) is 20.7. The first-order valence-corrected chi connectivity index (χ1v) is 9.44. The number of carbonyl (C=O) groups is 1. The van der Waals surface area contributed by atoms with Gasteiger partial charge in [0.05, 0.1) is 12.6 Å². The number of hydrogen-bond donors (Lipinski definition) is 0. The highest BCUT2D eigenvalue weighted by atomic mass is 32.1. The van der Waals surface area contributed by atoms with E-state index in [-0.39, 0.29) is 11.3 Å². The van der Waals surface area contributed by atoms with Crippen molar-refractivity contribution in [2.24, 2.45) is 5.41 Å². The molecule has 6 heteroatoms.